The van der Waals surface area contributed by atoms with Crippen molar-refractivity contribution in [1.82, 2.24) is 0 Å². The number of phenolic OH excluding ortho intramolecular Hbond substituents is 2. The summed E-state index contributed by atoms with van der Waals surface area (Å²) in [5.74, 6) is -0.218. The maximum absolute atomic E-state index is 9.39. The van der Waals surface area contributed by atoms with Crippen molar-refractivity contribution in [3.8, 4) is 11.5 Å². The lowest BCUT2D eigenvalue weighted by atomic mass is 9.99. The summed E-state index contributed by atoms with van der Waals surface area (Å²) in [6.45, 7) is 0. The van der Waals surface area contributed by atoms with Crippen molar-refractivity contribution in [2.24, 2.45) is 5.73 Å². The third kappa shape index (κ3) is 2.77. The molecule has 0 heterocycles. The van der Waals surface area contributed by atoms with E-state index in [0.717, 1.165) is 11.1 Å². The van der Waals surface area contributed by atoms with E-state index < -0.39 is 0 Å². The molecular formula is C14H15NO2. The van der Waals surface area contributed by atoms with Crippen LogP contribution in [0.15, 0.2) is 48.5 Å². The largest absolute Gasteiger partial charge is 0.504 e. The fourth-order valence-electron chi connectivity index (χ4n) is 1.77. The van der Waals surface area contributed by atoms with E-state index in [1.165, 1.54) is 12.1 Å². The normalized spacial score (nSPS) is 12.3. The molecule has 0 aliphatic carbocycles. The molecule has 0 saturated heterocycles. The molecular weight excluding hydrogens is 214 g/mol. The zero-order chi connectivity index (χ0) is 12.3. The molecule has 3 nitrogen and oxygen atoms in total. The van der Waals surface area contributed by atoms with Gasteiger partial charge in [0.1, 0.15) is 0 Å². The maximum atomic E-state index is 9.39. The predicted molar refractivity (Wildman–Crippen MR) is 66.8 cm³/mol. The van der Waals surface area contributed by atoms with E-state index >= 15 is 0 Å². The minimum absolute atomic E-state index is 0.109. The number of aromatic hydroxyl groups is 2. The van der Waals surface area contributed by atoms with Crippen molar-refractivity contribution in [2.75, 3.05) is 0 Å². The van der Waals surface area contributed by atoms with Crippen LogP contribution >= 0.6 is 0 Å². The summed E-state index contributed by atoms with van der Waals surface area (Å²) in [5.41, 5.74) is 8.03. The number of benzene rings is 2. The highest BCUT2D eigenvalue weighted by molar-refractivity contribution is 5.41. The first kappa shape index (κ1) is 11.5. The Bertz CT molecular complexity index is 497. The molecule has 1 atom stereocenters. The van der Waals surface area contributed by atoms with Gasteiger partial charge in [-0.1, -0.05) is 36.4 Å². The summed E-state index contributed by atoms with van der Waals surface area (Å²) in [6.07, 6.45) is 0.623. The second-order valence-corrected chi connectivity index (χ2v) is 4.04. The van der Waals surface area contributed by atoms with Gasteiger partial charge in [-0.3, -0.25) is 0 Å². The summed E-state index contributed by atoms with van der Waals surface area (Å²) < 4.78 is 0. The Hall–Kier alpha value is -2.00. The van der Waals surface area contributed by atoms with Crippen LogP contribution < -0.4 is 5.73 Å². The molecule has 2 aromatic carbocycles. The van der Waals surface area contributed by atoms with E-state index in [4.69, 9.17) is 5.73 Å². The van der Waals surface area contributed by atoms with Crippen molar-refractivity contribution in [3.63, 3.8) is 0 Å². The van der Waals surface area contributed by atoms with Crippen LogP contribution in [0.2, 0.25) is 0 Å². The first-order valence-electron chi connectivity index (χ1n) is 5.48. The van der Waals surface area contributed by atoms with E-state index in [1.54, 1.807) is 6.07 Å². The van der Waals surface area contributed by atoms with Gasteiger partial charge in [-0.2, -0.15) is 0 Å². The highest BCUT2D eigenvalue weighted by Crippen LogP contribution is 2.26. The Morgan fingerprint density at radius 2 is 1.65 bits per heavy atom. The summed E-state index contributed by atoms with van der Waals surface area (Å²) in [7, 11) is 0. The predicted octanol–water partition coefficient (Wildman–Crippen LogP) is 2.34. The van der Waals surface area contributed by atoms with Crippen molar-refractivity contribution < 1.29 is 10.2 Å². The molecule has 0 unspecified atom stereocenters. The van der Waals surface area contributed by atoms with Crippen LogP contribution in [0.3, 0.4) is 0 Å². The zero-order valence-corrected chi connectivity index (χ0v) is 9.38. The Morgan fingerprint density at radius 3 is 2.29 bits per heavy atom. The molecule has 0 aromatic heterocycles. The summed E-state index contributed by atoms with van der Waals surface area (Å²) >= 11 is 0. The molecule has 0 amide bonds. The van der Waals surface area contributed by atoms with E-state index in [1.807, 2.05) is 30.3 Å². The molecule has 0 radical (unpaired) electrons. The molecule has 3 heteroatoms. The minimum atomic E-state index is -0.111. The number of hydrogen-bond donors (Lipinski definition) is 3. The van der Waals surface area contributed by atoms with Crippen LogP contribution in [-0.4, -0.2) is 10.2 Å². The third-order valence-corrected chi connectivity index (χ3v) is 2.72. The van der Waals surface area contributed by atoms with Gasteiger partial charge >= 0.3 is 0 Å². The molecule has 0 bridgehead atoms. The summed E-state index contributed by atoms with van der Waals surface area (Å²) in [6, 6.07) is 14.5. The van der Waals surface area contributed by atoms with E-state index in [0.29, 0.717) is 6.42 Å². The molecule has 2 rings (SSSR count). The zero-order valence-electron chi connectivity index (χ0n) is 9.38. The van der Waals surface area contributed by atoms with E-state index in [2.05, 4.69) is 0 Å². The summed E-state index contributed by atoms with van der Waals surface area (Å²) in [4.78, 5) is 0. The second kappa shape index (κ2) is 4.89. The quantitative estimate of drug-likeness (QED) is 0.708. The van der Waals surface area contributed by atoms with Crippen LogP contribution in [0, 0.1) is 0 Å². The first-order valence-corrected chi connectivity index (χ1v) is 5.48. The van der Waals surface area contributed by atoms with Crippen LogP contribution in [0.5, 0.6) is 11.5 Å². The lowest BCUT2D eigenvalue weighted by molar-refractivity contribution is 0.403. The summed E-state index contributed by atoms with van der Waals surface area (Å²) in [5, 5.41) is 18.6. The number of nitrogens with two attached hydrogens (primary N) is 1. The van der Waals surface area contributed by atoms with Crippen molar-refractivity contribution in [1.29, 1.82) is 0 Å². The molecule has 0 aliphatic heterocycles. The Kier molecular flexibility index (Phi) is 3.30. The van der Waals surface area contributed by atoms with Gasteiger partial charge in [0.15, 0.2) is 11.5 Å². The SMILES string of the molecule is N[C@@H](Cc1ccc(O)c(O)c1)c1ccccc1. The van der Waals surface area contributed by atoms with Crippen LogP contribution in [-0.2, 0) is 6.42 Å². The highest BCUT2D eigenvalue weighted by atomic mass is 16.3. The number of rotatable bonds is 3. The number of hydrogen-bond acceptors (Lipinski definition) is 3. The number of phenols is 2. The van der Waals surface area contributed by atoms with Gasteiger partial charge in [0, 0.05) is 6.04 Å². The average molecular weight is 229 g/mol. The van der Waals surface area contributed by atoms with Crippen LogP contribution in [0.1, 0.15) is 17.2 Å². The van der Waals surface area contributed by atoms with Crippen LogP contribution in [0.25, 0.3) is 0 Å². The Balaban J connectivity index is 2.13. The average Bonchev–Trinajstić information content (AvgIpc) is 2.35. The van der Waals surface area contributed by atoms with Gasteiger partial charge in [-0.25, -0.2) is 0 Å². The molecule has 17 heavy (non-hydrogen) atoms. The lowest BCUT2D eigenvalue weighted by Gasteiger charge is -2.12. The Morgan fingerprint density at radius 1 is 0.941 bits per heavy atom. The molecule has 0 spiro atoms. The van der Waals surface area contributed by atoms with E-state index in [-0.39, 0.29) is 17.5 Å². The van der Waals surface area contributed by atoms with Gasteiger partial charge < -0.3 is 15.9 Å². The monoisotopic (exact) mass is 229 g/mol. The first-order chi connectivity index (χ1) is 8.16. The fourth-order valence-corrected chi connectivity index (χ4v) is 1.77. The second-order valence-electron chi connectivity index (χ2n) is 4.04. The molecule has 0 aliphatic rings. The third-order valence-electron chi connectivity index (χ3n) is 2.72. The van der Waals surface area contributed by atoms with E-state index in [9.17, 15) is 10.2 Å². The topological polar surface area (TPSA) is 66.5 Å². The molecule has 4 N–H and O–H groups in total. The smallest absolute Gasteiger partial charge is 0.157 e. The van der Waals surface area contributed by atoms with Gasteiger partial charge in [0.05, 0.1) is 0 Å². The molecule has 0 saturated carbocycles. The maximum Gasteiger partial charge on any atom is 0.157 e. The van der Waals surface area contributed by atoms with Gasteiger partial charge in [0.25, 0.3) is 0 Å². The standard InChI is InChI=1S/C14H15NO2/c15-12(11-4-2-1-3-5-11)8-10-6-7-13(16)14(17)9-10/h1-7,9,12,16-17H,8,15H2/t12-/m0/s1. The molecule has 88 valence electrons. The molecule has 0 fully saturated rings. The fraction of sp³-hybridized carbons (Fsp3) is 0.143. The molecule has 2 aromatic rings. The minimum Gasteiger partial charge on any atom is -0.504 e. The van der Waals surface area contributed by atoms with Gasteiger partial charge in [-0.15, -0.1) is 0 Å². The highest BCUT2D eigenvalue weighted by Gasteiger charge is 2.08. The van der Waals surface area contributed by atoms with Gasteiger partial charge in [-0.05, 0) is 29.7 Å². The van der Waals surface area contributed by atoms with Crippen molar-refractivity contribution >= 4 is 0 Å². The lowest BCUT2D eigenvalue weighted by Crippen LogP contribution is -2.13. The van der Waals surface area contributed by atoms with Crippen molar-refractivity contribution in [3.05, 3.63) is 59.7 Å². The van der Waals surface area contributed by atoms with Crippen LogP contribution in [0.4, 0.5) is 0 Å². The van der Waals surface area contributed by atoms with Crippen molar-refractivity contribution in [2.45, 2.75) is 12.5 Å². The van der Waals surface area contributed by atoms with Gasteiger partial charge in [0.2, 0.25) is 0 Å². The Labute approximate surface area is 100 Å².